The van der Waals surface area contributed by atoms with E-state index in [0.29, 0.717) is 5.65 Å². The second-order valence-corrected chi connectivity index (χ2v) is 2.85. The highest BCUT2D eigenvalue weighted by Gasteiger charge is 2.03. The molecule has 0 aliphatic rings. The van der Waals surface area contributed by atoms with E-state index in [1.807, 2.05) is 24.3 Å². The normalized spacial score (nSPS) is 11.1. The zero-order chi connectivity index (χ0) is 8.67. The third-order valence-electron chi connectivity index (χ3n) is 2.09. The summed E-state index contributed by atoms with van der Waals surface area (Å²) in [7, 11) is 0. The molecule has 0 amide bonds. The smallest absolute Gasteiger partial charge is 0.186 e. The van der Waals surface area contributed by atoms with Gasteiger partial charge in [-0.25, -0.2) is 4.98 Å². The van der Waals surface area contributed by atoms with E-state index in [9.17, 15) is 0 Å². The molecule has 1 N–H and O–H groups in total. The first-order valence-corrected chi connectivity index (χ1v) is 4.00. The van der Waals surface area contributed by atoms with Gasteiger partial charge in [-0.15, -0.1) is 5.10 Å². The zero-order valence-corrected chi connectivity index (χ0v) is 6.73. The van der Waals surface area contributed by atoms with Crippen LogP contribution in [0.1, 0.15) is 0 Å². The number of aromatic nitrogens is 4. The first-order valence-electron chi connectivity index (χ1n) is 4.00. The largest absolute Gasteiger partial charge is 0.259 e. The molecule has 0 bridgehead atoms. The zero-order valence-electron chi connectivity index (χ0n) is 6.73. The summed E-state index contributed by atoms with van der Waals surface area (Å²) in [6, 6.07) is 7.92. The Morgan fingerprint density at radius 3 is 3.15 bits per heavy atom. The molecule has 0 fully saturated rings. The number of H-pyrrole nitrogens is 1. The van der Waals surface area contributed by atoms with Crippen LogP contribution >= 0.6 is 0 Å². The minimum atomic E-state index is 0.679. The predicted molar refractivity (Wildman–Crippen MR) is 49.2 cm³/mol. The summed E-state index contributed by atoms with van der Waals surface area (Å²) in [5, 5.41) is 12.7. The number of nitrogens with zero attached hydrogens (tertiary/aromatic N) is 3. The molecule has 1 aromatic carbocycles. The third kappa shape index (κ3) is 0.823. The van der Waals surface area contributed by atoms with Crippen LogP contribution in [0, 0.1) is 0 Å². The van der Waals surface area contributed by atoms with Crippen molar-refractivity contribution >= 4 is 21.9 Å². The Bertz CT molecular complexity index is 570. The number of rotatable bonds is 0. The van der Waals surface area contributed by atoms with Gasteiger partial charge in [0.1, 0.15) is 0 Å². The Morgan fingerprint density at radius 2 is 2.15 bits per heavy atom. The predicted octanol–water partition coefficient (Wildman–Crippen LogP) is 1.51. The molecule has 13 heavy (non-hydrogen) atoms. The summed E-state index contributed by atoms with van der Waals surface area (Å²) in [4.78, 5) is 4.17. The van der Waals surface area contributed by atoms with Gasteiger partial charge < -0.3 is 0 Å². The van der Waals surface area contributed by atoms with Gasteiger partial charge in [0.15, 0.2) is 5.65 Å². The molecular formula is C9H6N4. The van der Waals surface area contributed by atoms with Crippen molar-refractivity contribution in [2.75, 3.05) is 0 Å². The van der Waals surface area contributed by atoms with Crippen LogP contribution in [0.5, 0.6) is 0 Å². The number of hydrogen-bond donors (Lipinski definition) is 1. The van der Waals surface area contributed by atoms with E-state index in [4.69, 9.17) is 0 Å². The van der Waals surface area contributed by atoms with Crippen molar-refractivity contribution in [3.63, 3.8) is 0 Å². The summed E-state index contributed by atoms with van der Waals surface area (Å²) in [5.74, 6) is 0. The van der Waals surface area contributed by atoms with E-state index in [-0.39, 0.29) is 0 Å². The molecule has 0 saturated carbocycles. The molecule has 0 aliphatic heterocycles. The lowest BCUT2D eigenvalue weighted by Crippen LogP contribution is -1.87. The van der Waals surface area contributed by atoms with E-state index in [0.717, 1.165) is 16.3 Å². The van der Waals surface area contributed by atoms with Crippen molar-refractivity contribution in [3.05, 3.63) is 30.5 Å². The Hall–Kier alpha value is -1.97. The minimum Gasteiger partial charge on any atom is -0.259 e. The third-order valence-corrected chi connectivity index (χ3v) is 2.09. The maximum atomic E-state index is 4.17. The van der Waals surface area contributed by atoms with Crippen LogP contribution < -0.4 is 0 Å². The van der Waals surface area contributed by atoms with Crippen molar-refractivity contribution in [3.8, 4) is 0 Å². The van der Waals surface area contributed by atoms with Crippen molar-refractivity contribution in [2.24, 2.45) is 0 Å². The summed E-state index contributed by atoms with van der Waals surface area (Å²) in [6.45, 7) is 0. The summed E-state index contributed by atoms with van der Waals surface area (Å²) < 4.78 is 0. The second-order valence-electron chi connectivity index (χ2n) is 2.85. The van der Waals surface area contributed by atoms with Crippen LogP contribution in [0.3, 0.4) is 0 Å². The molecule has 0 aliphatic carbocycles. The molecule has 0 saturated heterocycles. The number of aromatic amines is 1. The fourth-order valence-corrected chi connectivity index (χ4v) is 1.50. The highest BCUT2D eigenvalue weighted by Crippen LogP contribution is 2.21. The van der Waals surface area contributed by atoms with E-state index in [1.54, 1.807) is 6.20 Å². The van der Waals surface area contributed by atoms with E-state index in [1.165, 1.54) is 0 Å². The van der Waals surface area contributed by atoms with Crippen LogP contribution in [0.15, 0.2) is 30.5 Å². The maximum Gasteiger partial charge on any atom is 0.186 e. The average molecular weight is 170 g/mol. The minimum absolute atomic E-state index is 0.679. The lowest BCUT2D eigenvalue weighted by molar-refractivity contribution is 0.909. The molecule has 3 rings (SSSR count). The van der Waals surface area contributed by atoms with E-state index >= 15 is 0 Å². The monoisotopic (exact) mass is 170 g/mol. The van der Waals surface area contributed by atoms with Crippen molar-refractivity contribution in [1.82, 2.24) is 20.4 Å². The van der Waals surface area contributed by atoms with Crippen LogP contribution in [-0.2, 0) is 0 Å². The van der Waals surface area contributed by atoms with Gasteiger partial charge in [-0.05, 0) is 17.5 Å². The van der Waals surface area contributed by atoms with Crippen LogP contribution in [0.2, 0.25) is 0 Å². The summed E-state index contributed by atoms with van der Waals surface area (Å²) >= 11 is 0. The van der Waals surface area contributed by atoms with Gasteiger partial charge in [-0.1, -0.05) is 17.3 Å². The quantitative estimate of drug-likeness (QED) is 0.556. The Balaban J connectivity index is 2.75. The van der Waals surface area contributed by atoms with Crippen molar-refractivity contribution < 1.29 is 0 Å². The van der Waals surface area contributed by atoms with Crippen LogP contribution in [0.25, 0.3) is 21.9 Å². The topological polar surface area (TPSA) is 54.5 Å². The van der Waals surface area contributed by atoms with Gasteiger partial charge in [-0.3, -0.25) is 5.10 Å². The SMILES string of the molecule is c1cnc2nn[nH]c3ccc(c1)c23. The summed E-state index contributed by atoms with van der Waals surface area (Å²) in [6.07, 6.45) is 1.73. The first kappa shape index (κ1) is 6.54. The van der Waals surface area contributed by atoms with E-state index in [2.05, 4.69) is 20.4 Å². The molecule has 0 atom stereocenters. The highest BCUT2D eigenvalue weighted by molar-refractivity contribution is 6.05. The molecule has 3 aromatic rings. The Labute approximate surface area is 73.6 Å². The molecule has 4 nitrogen and oxygen atoms in total. The van der Waals surface area contributed by atoms with Crippen LogP contribution in [-0.4, -0.2) is 20.4 Å². The van der Waals surface area contributed by atoms with Gasteiger partial charge in [0.05, 0.1) is 10.9 Å². The summed E-state index contributed by atoms with van der Waals surface area (Å²) in [5.41, 5.74) is 1.66. The molecule has 2 heterocycles. The lowest BCUT2D eigenvalue weighted by Gasteiger charge is -1.89. The number of hydrogen-bond acceptors (Lipinski definition) is 3. The van der Waals surface area contributed by atoms with Gasteiger partial charge in [0, 0.05) is 6.20 Å². The Morgan fingerprint density at radius 1 is 1.15 bits per heavy atom. The lowest BCUT2D eigenvalue weighted by atomic mass is 10.3. The van der Waals surface area contributed by atoms with Gasteiger partial charge in [0.25, 0.3) is 0 Å². The molecule has 0 radical (unpaired) electrons. The van der Waals surface area contributed by atoms with Gasteiger partial charge in [0.2, 0.25) is 0 Å². The second kappa shape index (κ2) is 2.26. The van der Waals surface area contributed by atoms with Gasteiger partial charge in [-0.2, -0.15) is 0 Å². The highest BCUT2D eigenvalue weighted by atomic mass is 15.3. The fourth-order valence-electron chi connectivity index (χ4n) is 1.50. The van der Waals surface area contributed by atoms with Crippen molar-refractivity contribution in [1.29, 1.82) is 0 Å². The standard InChI is InChI=1S/C9H6N4/c1-2-6-3-4-7-8(6)9(10-5-1)12-13-11-7/h1-5H,(H,10,11,12). The Kier molecular flexibility index (Phi) is 1.14. The molecule has 2 aromatic heterocycles. The number of nitrogens with one attached hydrogen (secondary N) is 1. The first-order chi connectivity index (χ1) is 6.45. The average Bonchev–Trinajstić information content (AvgIpc) is 2.44. The molecule has 4 heteroatoms. The molecule has 0 spiro atoms. The van der Waals surface area contributed by atoms with Gasteiger partial charge >= 0.3 is 0 Å². The maximum absolute atomic E-state index is 4.17. The fraction of sp³-hybridized carbons (Fsp3) is 0. The molecule has 0 unspecified atom stereocenters. The van der Waals surface area contributed by atoms with Crippen LogP contribution in [0.4, 0.5) is 0 Å². The molecular weight excluding hydrogens is 164 g/mol. The molecule has 62 valence electrons. The van der Waals surface area contributed by atoms with Crippen molar-refractivity contribution in [2.45, 2.75) is 0 Å². The van der Waals surface area contributed by atoms with E-state index < -0.39 is 0 Å².